The van der Waals surface area contributed by atoms with E-state index in [1.807, 2.05) is 0 Å². The molecule has 1 aromatic carbocycles. The number of halogens is 3. The number of alkyl halides is 3. The van der Waals surface area contributed by atoms with Gasteiger partial charge in [-0.3, -0.25) is 0 Å². The van der Waals surface area contributed by atoms with Crippen molar-refractivity contribution in [3.05, 3.63) is 35.2 Å². The molecule has 0 spiro atoms. The average Bonchev–Trinajstić information content (AvgIpc) is 2.37. The number of aromatic nitrogens is 2. The second kappa shape index (κ2) is 5.49. The number of benzene rings is 1. The van der Waals surface area contributed by atoms with E-state index in [9.17, 15) is 13.2 Å². The molecule has 0 saturated heterocycles. The standard InChI is InChI=1S/C12H9F3N2O2S/c1-18-10-9(16-6-17-11(10)20)7-4-2-3-5-8(7)19-12(13,14)15/h2-6H,1H3,(H,16,17,20). The zero-order chi connectivity index (χ0) is 14.8. The fraction of sp³-hybridized carbons (Fsp3) is 0.167. The smallest absolute Gasteiger partial charge is 0.491 e. The van der Waals surface area contributed by atoms with E-state index in [1.165, 1.54) is 31.6 Å². The number of hydrogen-bond donors (Lipinski definition) is 1. The van der Waals surface area contributed by atoms with Crippen molar-refractivity contribution < 1.29 is 22.6 Å². The van der Waals surface area contributed by atoms with Crippen molar-refractivity contribution in [3.63, 3.8) is 0 Å². The van der Waals surface area contributed by atoms with Crippen LogP contribution < -0.4 is 9.47 Å². The van der Waals surface area contributed by atoms with E-state index >= 15 is 0 Å². The number of hydrogen-bond acceptors (Lipinski definition) is 4. The van der Waals surface area contributed by atoms with Crippen molar-refractivity contribution in [3.8, 4) is 22.8 Å². The Labute approximate surface area is 117 Å². The molecule has 0 unspecified atom stereocenters. The highest BCUT2D eigenvalue weighted by Crippen LogP contribution is 2.36. The van der Waals surface area contributed by atoms with Crippen LogP contribution in [0.25, 0.3) is 11.3 Å². The number of aromatic amines is 1. The van der Waals surface area contributed by atoms with Crippen LogP contribution in [0.5, 0.6) is 11.5 Å². The Balaban J connectivity index is 2.59. The van der Waals surface area contributed by atoms with E-state index in [1.54, 1.807) is 6.07 Å². The molecule has 4 nitrogen and oxygen atoms in total. The van der Waals surface area contributed by atoms with Crippen molar-refractivity contribution in [1.82, 2.24) is 9.97 Å². The van der Waals surface area contributed by atoms with Crippen LogP contribution in [0.2, 0.25) is 0 Å². The molecule has 1 aromatic heterocycles. The molecule has 0 aliphatic rings. The molecule has 0 radical (unpaired) electrons. The van der Waals surface area contributed by atoms with Gasteiger partial charge in [0.25, 0.3) is 0 Å². The topological polar surface area (TPSA) is 47.1 Å². The fourth-order valence-corrected chi connectivity index (χ4v) is 1.90. The van der Waals surface area contributed by atoms with Crippen LogP contribution in [0, 0.1) is 4.64 Å². The van der Waals surface area contributed by atoms with Gasteiger partial charge in [-0.25, -0.2) is 4.98 Å². The van der Waals surface area contributed by atoms with Gasteiger partial charge in [0.15, 0.2) is 10.4 Å². The maximum Gasteiger partial charge on any atom is 0.573 e. The lowest BCUT2D eigenvalue weighted by Crippen LogP contribution is -2.17. The molecule has 1 N–H and O–H groups in total. The number of H-pyrrole nitrogens is 1. The molecule has 0 saturated carbocycles. The first-order chi connectivity index (χ1) is 9.42. The third-order valence-electron chi connectivity index (χ3n) is 2.40. The van der Waals surface area contributed by atoms with Gasteiger partial charge in [0, 0.05) is 5.56 Å². The lowest BCUT2D eigenvalue weighted by molar-refractivity contribution is -0.274. The lowest BCUT2D eigenvalue weighted by Gasteiger charge is -2.14. The molecule has 2 aromatic rings. The number of para-hydroxylation sites is 1. The third kappa shape index (κ3) is 3.08. The second-order valence-corrected chi connectivity index (χ2v) is 4.05. The molecule has 0 bridgehead atoms. The molecule has 0 fully saturated rings. The van der Waals surface area contributed by atoms with Crippen LogP contribution in [-0.2, 0) is 0 Å². The van der Waals surface area contributed by atoms with Gasteiger partial charge in [0.1, 0.15) is 5.75 Å². The summed E-state index contributed by atoms with van der Waals surface area (Å²) in [5.41, 5.74) is 0.447. The molecular weight excluding hydrogens is 293 g/mol. The van der Waals surface area contributed by atoms with E-state index < -0.39 is 6.36 Å². The minimum absolute atomic E-state index is 0.142. The van der Waals surface area contributed by atoms with Gasteiger partial charge in [-0.15, -0.1) is 13.2 Å². The summed E-state index contributed by atoms with van der Waals surface area (Å²) in [5.74, 6) is -0.170. The summed E-state index contributed by atoms with van der Waals surface area (Å²) in [6, 6.07) is 5.69. The second-order valence-electron chi connectivity index (χ2n) is 3.66. The van der Waals surface area contributed by atoms with Crippen LogP contribution in [0.4, 0.5) is 13.2 Å². The van der Waals surface area contributed by atoms with Crippen LogP contribution in [-0.4, -0.2) is 23.4 Å². The fourth-order valence-electron chi connectivity index (χ4n) is 1.66. The van der Waals surface area contributed by atoms with E-state index in [2.05, 4.69) is 14.7 Å². The molecule has 1 heterocycles. The Kier molecular flexibility index (Phi) is 3.93. The number of nitrogens with zero attached hydrogens (tertiary/aromatic N) is 1. The molecule has 20 heavy (non-hydrogen) atoms. The predicted molar refractivity (Wildman–Crippen MR) is 68.1 cm³/mol. The van der Waals surface area contributed by atoms with Crippen molar-refractivity contribution in [2.45, 2.75) is 6.36 Å². The lowest BCUT2D eigenvalue weighted by atomic mass is 10.1. The molecule has 0 aliphatic carbocycles. The summed E-state index contributed by atoms with van der Waals surface area (Å²) in [4.78, 5) is 6.53. The predicted octanol–water partition coefficient (Wildman–Crippen LogP) is 3.71. The highest BCUT2D eigenvalue weighted by molar-refractivity contribution is 7.71. The first-order valence-electron chi connectivity index (χ1n) is 5.39. The van der Waals surface area contributed by atoms with Gasteiger partial charge < -0.3 is 14.5 Å². The molecule has 0 atom stereocenters. The van der Waals surface area contributed by atoms with Crippen LogP contribution in [0.3, 0.4) is 0 Å². The molecule has 0 amide bonds. The Morgan fingerprint density at radius 1 is 1.25 bits per heavy atom. The summed E-state index contributed by atoms with van der Waals surface area (Å²) >= 11 is 4.97. The van der Waals surface area contributed by atoms with Crippen molar-refractivity contribution in [2.24, 2.45) is 0 Å². The van der Waals surface area contributed by atoms with Crippen LogP contribution >= 0.6 is 12.2 Å². The SMILES string of the molecule is COc1c(-c2ccccc2OC(F)(F)F)[nH]cnc1=S. The van der Waals surface area contributed by atoms with E-state index in [0.717, 1.165) is 0 Å². The Morgan fingerprint density at radius 3 is 2.60 bits per heavy atom. The number of rotatable bonds is 3. The summed E-state index contributed by atoms with van der Waals surface area (Å²) < 4.78 is 46.4. The highest BCUT2D eigenvalue weighted by atomic mass is 32.1. The first-order valence-corrected chi connectivity index (χ1v) is 5.80. The van der Waals surface area contributed by atoms with Crippen molar-refractivity contribution in [2.75, 3.05) is 7.11 Å². The number of methoxy groups -OCH3 is 1. The minimum Gasteiger partial charge on any atom is -0.491 e. The van der Waals surface area contributed by atoms with Gasteiger partial charge in [0.05, 0.1) is 19.1 Å². The Bertz CT molecular complexity index is 670. The summed E-state index contributed by atoms with van der Waals surface area (Å²) in [7, 11) is 1.36. The van der Waals surface area contributed by atoms with Gasteiger partial charge in [-0.05, 0) is 12.1 Å². The molecule has 106 valence electrons. The quantitative estimate of drug-likeness (QED) is 0.878. The highest BCUT2D eigenvalue weighted by Gasteiger charge is 2.32. The first kappa shape index (κ1) is 14.3. The Morgan fingerprint density at radius 2 is 1.95 bits per heavy atom. The summed E-state index contributed by atoms with van der Waals surface area (Å²) in [6.07, 6.45) is -3.50. The van der Waals surface area contributed by atoms with Gasteiger partial charge in [-0.1, -0.05) is 24.4 Å². The number of nitrogens with one attached hydrogen (secondary N) is 1. The largest absolute Gasteiger partial charge is 0.573 e. The van der Waals surface area contributed by atoms with Crippen LogP contribution in [0.1, 0.15) is 0 Å². The summed E-state index contributed by atoms with van der Waals surface area (Å²) in [6.45, 7) is 0. The van der Waals surface area contributed by atoms with Gasteiger partial charge in [0.2, 0.25) is 0 Å². The van der Waals surface area contributed by atoms with Crippen molar-refractivity contribution >= 4 is 12.2 Å². The minimum atomic E-state index is -4.78. The Hall–Kier alpha value is -2.09. The average molecular weight is 302 g/mol. The maximum absolute atomic E-state index is 12.4. The third-order valence-corrected chi connectivity index (χ3v) is 2.69. The summed E-state index contributed by atoms with van der Waals surface area (Å²) in [5, 5.41) is 0. The molecular formula is C12H9F3N2O2S. The molecule has 0 aliphatic heterocycles. The monoisotopic (exact) mass is 302 g/mol. The van der Waals surface area contributed by atoms with E-state index in [-0.39, 0.29) is 27.4 Å². The zero-order valence-electron chi connectivity index (χ0n) is 10.2. The van der Waals surface area contributed by atoms with Crippen LogP contribution in [0.15, 0.2) is 30.6 Å². The zero-order valence-corrected chi connectivity index (χ0v) is 11.0. The van der Waals surface area contributed by atoms with E-state index in [4.69, 9.17) is 17.0 Å². The van der Waals surface area contributed by atoms with Crippen molar-refractivity contribution in [1.29, 1.82) is 0 Å². The maximum atomic E-state index is 12.4. The molecule has 2 rings (SSSR count). The molecule has 8 heteroatoms. The van der Waals surface area contributed by atoms with Gasteiger partial charge in [-0.2, -0.15) is 0 Å². The van der Waals surface area contributed by atoms with Gasteiger partial charge >= 0.3 is 6.36 Å². The van der Waals surface area contributed by atoms with E-state index in [0.29, 0.717) is 0 Å². The number of ether oxygens (including phenoxy) is 2. The normalized spacial score (nSPS) is 11.2.